The molecule has 2 aromatic rings. The number of nitrogens with zero attached hydrogens (tertiary/aromatic N) is 3. The number of aryl methyl sites for hydroxylation is 1. The van der Waals surface area contributed by atoms with Crippen molar-refractivity contribution < 1.29 is 27.6 Å². The maximum atomic E-state index is 13.8. The quantitative estimate of drug-likeness (QED) is 0.424. The van der Waals surface area contributed by atoms with Gasteiger partial charge in [-0.2, -0.15) is 0 Å². The third-order valence-corrected chi connectivity index (χ3v) is 9.14. The van der Waals surface area contributed by atoms with Gasteiger partial charge in [-0.05, 0) is 62.1 Å². The molecule has 3 amide bonds. The fourth-order valence-corrected chi connectivity index (χ4v) is 6.47. The molecule has 4 rings (SSSR count). The summed E-state index contributed by atoms with van der Waals surface area (Å²) < 4.78 is 27.6. The zero-order valence-corrected chi connectivity index (χ0v) is 25.5. The van der Waals surface area contributed by atoms with Crippen molar-refractivity contribution in [2.24, 2.45) is 5.92 Å². The van der Waals surface area contributed by atoms with Gasteiger partial charge in [0, 0.05) is 31.9 Å². The van der Waals surface area contributed by atoms with E-state index in [2.05, 4.69) is 10.0 Å². The lowest BCUT2D eigenvalue weighted by atomic mass is 10.0. The van der Waals surface area contributed by atoms with E-state index < -0.39 is 40.6 Å². The first-order valence-electron chi connectivity index (χ1n) is 14.1. The van der Waals surface area contributed by atoms with Gasteiger partial charge in [-0.15, -0.1) is 0 Å². The van der Waals surface area contributed by atoms with Crippen LogP contribution in [0.4, 0.5) is 5.69 Å². The second-order valence-electron chi connectivity index (χ2n) is 11.6. The minimum atomic E-state index is -3.92. The van der Waals surface area contributed by atoms with E-state index in [1.54, 1.807) is 24.3 Å². The largest absolute Gasteiger partial charge is 0.378 e. The molecule has 42 heavy (non-hydrogen) atoms. The Labute approximate surface area is 247 Å². The third kappa shape index (κ3) is 6.81. The summed E-state index contributed by atoms with van der Waals surface area (Å²) in [5, 5.41) is 2.86. The molecular formula is C30H39N5O6S. The molecule has 2 heterocycles. The maximum Gasteiger partial charge on any atom is 0.251 e. The number of Topliss-reactive ketones (excluding diaryl/α,β-unsaturated/α-hetero) is 1. The van der Waals surface area contributed by atoms with Crippen LogP contribution in [-0.2, 0) is 24.4 Å². The average Bonchev–Trinajstić information content (AvgIpc) is 3.52. The molecule has 2 N–H and O–H groups in total. The van der Waals surface area contributed by atoms with Crippen molar-refractivity contribution in [1.82, 2.24) is 19.8 Å². The number of carbonyl (C=O) groups excluding carboxylic acids is 4. The summed E-state index contributed by atoms with van der Waals surface area (Å²) in [5.74, 6) is -1.47. The van der Waals surface area contributed by atoms with E-state index in [-0.39, 0.29) is 41.5 Å². The summed E-state index contributed by atoms with van der Waals surface area (Å²) in [6.07, 6.45) is 0.763. The van der Waals surface area contributed by atoms with Crippen LogP contribution >= 0.6 is 0 Å². The molecule has 0 aliphatic carbocycles. The number of nitrogens with one attached hydrogen (secondary N) is 2. The zero-order chi connectivity index (χ0) is 30.8. The van der Waals surface area contributed by atoms with Gasteiger partial charge in [-0.1, -0.05) is 31.5 Å². The first kappa shape index (κ1) is 31.2. The molecule has 0 bridgehead atoms. The van der Waals surface area contributed by atoms with Gasteiger partial charge in [0.05, 0.1) is 24.0 Å². The standard InChI is InChI=1S/C30H39N5O6S/c1-19(2)16-24(32-29(38)21-8-10-22(11-9-21)33(4)5)30(39)34-15-14-25-28(34)26(36)18-35(25)27(37)17-31-42(40,41)23-12-6-20(3)7-13-23/h6-13,19,24-25,28,31H,14-18H2,1-5H3,(H,32,38)/t24-,25?,28-/m0/s1. The highest BCUT2D eigenvalue weighted by molar-refractivity contribution is 7.89. The Kier molecular flexibility index (Phi) is 9.37. The predicted octanol–water partition coefficient (Wildman–Crippen LogP) is 1.56. The number of rotatable bonds is 10. The van der Waals surface area contributed by atoms with Gasteiger partial charge in [0.1, 0.15) is 12.1 Å². The summed E-state index contributed by atoms with van der Waals surface area (Å²) in [4.78, 5) is 57.8. The Hall–Kier alpha value is -3.77. The van der Waals surface area contributed by atoms with Crippen molar-refractivity contribution in [1.29, 1.82) is 0 Å². The van der Waals surface area contributed by atoms with Gasteiger partial charge in [0.15, 0.2) is 5.78 Å². The van der Waals surface area contributed by atoms with E-state index in [9.17, 15) is 27.6 Å². The lowest BCUT2D eigenvalue weighted by Gasteiger charge is -2.29. The van der Waals surface area contributed by atoms with Crippen LogP contribution in [0, 0.1) is 12.8 Å². The number of ketones is 1. The Morgan fingerprint density at radius 3 is 2.24 bits per heavy atom. The number of benzene rings is 2. The number of sulfonamides is 1. The van der Waals surface area contributed by atoms with Gasteiger partial charge in [0.25, 0.3) is 5.91 Å². The molecule has 2 aliphatic heterocycles. The van der Waals surface area contributed by atoms with Crippen LogP contribution in [0.3, 0.4) is 0 Å². The highest BCUT2D eigenvalue weighted by atomic mass is 32.2. The Bertz CT molecular complexity index is 1440. The van der Waals surface area contributed by atoms with Crippen LogP contribution in [0.25, 0.3) is 0 Å². The molecule has 0 aromatic heterocycles. The molecule has 1 unspecified atom stereocenters. The molecule has 3 atom stereocenters. The monoisotopic (exact) mass is 597 g/mol. The number of likely N-dealkylation sites (tertiary alicyclic amines) is 2. The van der Waals surface area contributed by atoms with Crippen LogP contribution in [0.2, 0.25) is 0 Å². The van der Waals surface area contributed by atoms with Crippen molar-refractivity contribution in [3.8, 4) is 0 Å². The SMILES string of the molecule is Cc1ccc(S(=O)(=O)NCC(=O)N2CC(=O)[C@@H]3C2CCN3C(=O)[C@H](CC(C)C)NC(=O)c2ccc(N(C)C)cc2)cc1. The number of anilines is 1. The first-order valence-corrected chi connectivity index (χ1v) is 15.5. The van der Waals surface area contributed by atoms with Crippen LogP contribution in [-0.4, -0.2) is 93.6 Å². The van der Waals surface area contributed by atoms with Gasteiger partial charge >= 0.3 is 0 Å². The van der Waals surface area contributed by atoms with Crippen LogP contribution in [0.1, 0.15) is 42.6 Å². The lowest BCUT2D eigenvalue weighted by Crippen LogP contribution is -2.53. The van der Waals surface area contributed by atoms with Crippen molar-refractivity contribution in [2.45, 2.75) is 56.6 Å². The molecule has 2 fully saturated rings. The van der Waals surface area contributed by atoms with Crippen molar-refractivity contribution in [3.05, 3.63) is 59.7 Å². The smallest absolute Gasteiger partial charge is 0.251 e. The second-order valence-corrected chi connectivity index (χ2v) is 13.3. The summed E-state index contributed by atoms with van der Waals surface area (Å²) in [6, 6.07) is 11.1. The van der Waals surface area contributed by atoms with Crippen molar-refractivity contribution >= 4 is 39.2 Å². The second kappa shape index (κ2) is 12.6. The highest BCUT2D eigenvalue weighted by Gasteiger charge is 2.52. The number of hydrogen-bond donors (Lipinski definition) is 2. The topological polar surface area (TPSA) is 136 Å². The molecule has 2 aromatic carbocycles. The van der Waals surface area contributed by atoms with E-state index in [1.165, 1.54) is 21.9 Å². The number of carbonyl (C=O) groups is 4. The van der Waals surface area contributed by atoms with E-state index >= 15 is 0 Å². The molecule has 226 valence electrons. The highest BCUT2D eigenvalue weighted by Crippen LogP contribution is 2.31. The third-order valence-electron chi connectivity index (χ3n) is 7.73. The normalized spacial score (nSPS) is 19.1. The molecule has 2 saturated heterocycles. The fourth-order valence-electron chi connectivity index (χ4n) is 5.49. The zero-order valence-electron chi connectivity index (χ0n) is 24.7. The Balaban J connectivity index is 1.43. The molecular weight excluding hydrogens is 558 g/mol. The average molecular weight is 598 g/mol. The van der Waals surface area contributed by atoms with Gasteiger partial charge in [-0.3, -0.25) is 19.2 Å². The van der Waals surface area contributed by atoms with Crippen molar-refractivity contribution in [2.75, 3.05) is 38.6 Å². The van der Waals surface area contributed by atoms with Gasteiger partial charge in [-0.25, -0.2) is 13.1 Å². The van der Waals surface area contributed by atoms with Gasteiger partial charge in [0.2, 0.25) is 21.8 Å². The molecule has 2 aliphatic rings. The summed E-state index contributed by atoms with van der Waals surface area (Å²) in [6.45, 7) is 5.28. The predicted molar refractivity (Wildman–Crippen MR) is 158 cm³/mol. The molecule has 0 saturated carbocycles. The Morgan fingerprint density at radius 1 is 1.00 bits per heavy atom. The minimum Gasteiger partial charge on any atom is -0.378 e. The van der Waals surface area contributed by atoms with E-state index in [0.29, 0.717) is 18.4 Å². The summed E-state index contributed by atoms with van der Waals surface area (Å²) in [7, 11) is -0.112. The minimum absolute atomic E-state index is 0.0424. The molecule has 0 spiro atoms. The number of amides is 3. The van der Waals surface area contributed by atoms with E-state index in [0.717, 1.165) is 11.3 Å². The van der Waals surface area contributed by atoms with Crippen LogP contribution in [0.5, 0.6) is 0 Å². The number of hydrogen-bond acceptors (Lipinski definition) is 7. The van der Waals surface area contributed by atoms with Crippen LogP contribution in [0.15, 0.2) is 53.4 Å². The fraction of sp³-hybridized carbons (Fsp3) is 0.467. The van der Waals surface area contributed by atoms with E-state index in [1.807, 2.05) is 51.9 Å². The van der Waals surface area contributed by atoms with E-state index in [4.69, 9.17) is 0 Å². The number of fused-ring (bicyclic) bond motifs is 1. The summed E-state index contributed by atoms with van der Waals surface area (Å²) in [5.41, 5.74) is 2.26. The van der Waals surface area contributed by atoms with Crippen molar-refractivity contribution in [3.63, 3.8) is 0 Å². The first-order chi connectivity index (χ1) is 19.8. The molecule has 11 nitrogen and oxygen atoms in total. The molecule has 0 radical (unpaired) electrons. The molecule has 12 heteroatoms. The van der Waals surface area contributed by atoms with Crippen LogP contribution < -0.4 is 14.9 Å². The Morgan fingerprint density at radius 2 is 1.64 bits per heavy atom. The lowest BCUT2D eigenvalue weighted by molar-refractivity contribution is -0.138. The maximum absolute atomic E-state index is 13.8. The summed E-state index contributed by atoms with van der Waals surface area (Å²) >= 11 is 0. The van der Waals surface area contributed by atoms with Gasteiger partial charge < -0.3 is 20.0 Å².